The highest BCUT2D eigenvalue weighted by atomic mass is 16.4. The highest BCUT2D eigenvalue weighted by molar-refractivity contribution is 6.02. The summed E-state index contributed by atoms with van der Waals surface area (Å²) in [4.78, 5) is 35.6. The average molecular weight is 256 g/mol. The molecule has 6 nitrogen and oxygen atoms in total. The Balaban J connectivity index is 4.73. The Morgan fingerprint density at radius 3 is 2.11 bits per heavy atom. The van der Waals surface area contributed by atoms with E-state index in [2.05, 4.69) is 5.32 Å². The summed E-state index contributed by atoms with van der Waals surface area (Å²) in [7, 11) is 1.64. The molecule has 0 saturated heterocycles. The van der Waals surface area contributed by atoms with Crippen LogP contribution in [0.4, 0.5) is 0 Å². The molecule has 0 aromatic heterocycles. The largest absolute Gasteiger partial charge is 0.478 e. The molecule has 0 spiro atoms. The lowest BCUT2D eigenvalue weighted by Gasteiger charge is -2.20. The molecule has 0 fully saturated rings. The first-order chi connectivity index (χ1) is 8.22. The quantitative estimate of drug-likeness (QED) is 0.697. The number of hydrogen-bond donors (Lipinski definition) is 2. The minimum atomic E-state index is -1.15. The molecule has 6 heteroatoms. The Labute approximate surface area is 107 Å². The van der Waals surface area contributed by atoms with Crippen molar-refractivity contribution in [1.29, 1.82) is 0 Å². The minimum Gasteiger partial charge on any atom is -0.478 e. The lowest BCUT2D eigenvalue weighted by molar-refractivity contribution is -0.134. The fourth-order valence-corrected chi connectivity index (χ4v) is 1.18. The van der Waals surface area contributed by atoms with Crippen molar-refractivity contribution in [2.45, 2.75) is 33.7 Å². The van der Waals surface area contributed by atoms with E-state index in [0.717, 1.165) is 0 Å². The number of likely N-dealkylation sites (N-methyl/N-ethyl adjacent to an activating group) is 1. The number of aliphatic carboxylic acids is 1. The number of carboxylic acid groups (broad SMARTS) is 1. The van der Waals surface area contributed by atoms with Gasteiger partial charge in [0.15, 0.2) is 0 Å². The van der Waals surface area contributed by atoms with Crippen molar-refractivity contribution < 1.29 is 19.5 Å². The number of nitrogens with one attached hydrogen (secondary N) is 1. The maximum absolute atomic E-state index is 11.7. The Kier molecular flexibility index (Phi) is 6.08. The van der Waals surface area contributed by atoms with Gasteiger partial charge in [0, 0.05) is 24.7 Å². The van der Waals surface area contributed by atoms with E-state index in [1.165, 1.54) is 18.7 Å². The number of rotatable bonds is 5. The number of nitrogens with zero attached hydrogens (tertiary/aromatic N) is 1. The molecule has 0 bridgehead atoms. The van der Waals surface area contributed by atoms with Crippen LogP contribution in [0.15, 0.2) is 11.1 Å². The normalized spacial score (nSPS) is 13.4. The first-order valence-electron chi connectivity index (χ1n) is 5.68. The lowest BCUT2D eigenvalue weighted by atomic mass is 10.1. The van der Waals surface area contributed by atoms with Crippen molar-refractivity contribution in [3.05, 3.63) is 11.1 Å². The zero-order valence-electron chi connectivity index (χ0n) is 11.4. The Bertz CT molecular complexity index is 388. The maximum Gasteiger partial charge on any atom is 0.331 e. The monoisotopic (exact) mass is 256 g/mol. The molecule has 0 aliphatic heterocycles. The van der Waals surface area contributed by atoms with Crippen molar-refractivity contribution in [3.63, 3.8) is 0 Å². The number of carboxylic acids is 1. The van der Waals surface area contributed by atoms with Crippen LogP contribution in [0, 0.1) is 0 Å². The zero-order valence-corrected chi connectivity index (χ0v) is 11.4. The molecule has 0 radical (unpaired) electrons. The van der Waals surface area contributed by atoms with Crippen LogP contribution < -0.4 is 5.32 Å². The molecule has 0 aromatic rings. The predicted octanol–water partition coefficient (Wildman–Crippen LogP) is 0.390. The van der Waals surface area contributed by atoms with Gasteiger partial charge in [0.05, 0.1) is 0 Å². The second-order valence-corrected chi connectivity index (χ2v) is 4.10. The summed E-state index contributed by atoms with van der Waals surface area (Å²) in [5.74, 6) is -1.90. The number of carbonyl (C=O) groups is 3. The van der Waals surface area contributed by atoms with Gasteiger partial charge in [-0.25, -0.2) is 4.79 Å². The van der Waals surface area contributed by atoms with Crippen LogP contribution in [0.25, 0.3) is 0 Å². The van der Waals surface area contributed by atoms with E-state index in [1.54, 1.807) is 14.0 Å². The van der Waals surface area contributed by atoms with E-state index < -0.39 is 17.9 Å². The van der Waals surface area contributed by atoms with Crippen LogP contribution in [0.3, 0.4) is 0 Å². The van der Waals surface area contributed by atoms with Gasteiger partial charge in [-0.05, 0) is 27.7 Å². The third-order valence-corrected chi connectivity index (χ3v) is 2.79. The topological polar surface area (TPSA) is 86.7 Å². The molecule has 1 atom stereocenters. The van der Waals surface area contributed by atoms with E-state index in [-0.39, 0.29) is 17.1 Å². The fourth-order valence-electron chi connectivity index (χ4n) is 1.18. The standard InChI is InChI=1S/C12H20N2O4/c1-6-14(5)11(16)9(4)13-10(15)7(2)8(3)12(17)18/h9H,6H2,1-5H3,(H,13,15)(H,17,18). The minimum absolute atomic E-state index is 0.0315. The van der Waals surface area contributed by atoms with E-state index >= 15 is 0 Å². The summed E-state index contributed by atoms with van der Waals surface area (Å²) in [5.41, 5.74) is 0.0669. The fraction of sp³-hybridized carbons (Fsp3) is 0.583. The van der Waals surface area contributed by atoms with Gasteiger partial charge in [0.25, 0.3) is 0 Å². The van der Waals surface area contributed by atoms with E-state index in [4.69, 9.17) is 5.11 Å². The van der Waals surface area contributed by atoms with Crippen LogP contribution in [0.1, 0.15) is 27.7 Å². The van der Waals surface area contributed by atoms with E-state index in [0.29, 0.717) is 6.54 Å². The van der Waals surface area contributed by atoms with E-state index in [1.807, 2.05) is 6.92 Å². The first-order valence-corrected chi connectivity index (χ1v) is 5.68. The Hall–Kier alpha value is -1.85. The van der Waals surface area contributed by atoms with Crippen LogP contribution >= 0.6 is 0 Å². The molecule has 1 unspecified atom stereocenters. The summed E-state index contributed by atoms with van der Waals surface area (Å²) in [6.45, 7) is 6.70. The summed E-state index contributed by atoms with van der Waals surface area (Å²) < 4.78 is 0. The van der Waals surface area contributed by atoms with Crippen molar-refractivity contribution in [2.24, 2.45) is 0 Å². The van der Waals surface area contributed by atoms with Gasteiger partial charge in [0.1, 0.15) is 6.04 Å². The van der Waals surface area contributed by atoms with Crippen molar-refractivity contribution in [3.8, 4) is 0 Å². The lowest BCUT2D eigenvalue weighted by Crippen LogP contribution is -2.45. The number of amides is 2. The van der Waals surface area contributed by atoms with Crippen molar-refractivity contribution in [1.82, 2.24) is 10.2 Å². The Morgan fingerprint density at radius 2 is 1.72 bits per heavy atom. The van der Waals surface area contributed by atoms with Crippen LogP contribution in [0.2, 0.25) is 0 Å². The summed E-state index contributed by atoms with van der Waals surface area (Å²) in [6.07, 6.45) is 0. The molecule has 102 valence electrons. The molecule has 0 rings (SSSR count). The van der Waals surface area contributed by atoms with Crippen molar-refractivity contribution >= 4 is 17.8 Å². The van der Waals surface area contributed by atoms with E-state index in [9.17, 15) is 14.4 Å². The predicted molar refractivity (Wildman–Crippen MR) is 66.9 cm³/mol. The van der Waals surface area contributed by atoms with Gasteiger partial charge in [-0.2, -0.15) is 0 Å². The highest BCUT2D eigenvalue weighted by Gasteiger charge is 2.20. The molecule has 0 aliphatic carbocycles. The SMILES string of the molecule is CCN(C)C(=O)C(C)NC(=O)C(C)=C(C)C(=O)O. The van der Waals surface area contributed by atoms with Gasteiger partial charge in [0.2, 0.25) is 11.8 Å². The molecule has 18 heavy (non-hydrogen) atoms. The van der Waals surface area contributed by atoms with Gasteiger partial charge < -0.3 is 15.3 Å². The zero-order chi connectivity index (χ0) is 14.5. The first kappa shape index (κ1) is 16.1. The second kappa shape index (κ2) is 6.78. The Morgan fingerprint density at radius 1 is 1.22 bits per heavy atom. The maximum atomic E-state index is 11.7. The summed E-state index contributed by atoms with van der Waals surface area (Å²) in [5, 5.41) is 11.2. The molecule has 0 aliphatic rings. The third kappa shape index (κ3) is 4.20. The smallest absolute Gasteiger partial charge is 0.331 e. The molecule has 0 aromatic carbocycles. The van der Waals surface area contributed by atoms with Gasteiger partial charge >= 0.3 is 5.97 Å². The number of hydrogen-bond acceptors (Lipinski definition) is 3. The summed E-state index contributed by atoms with van der Waals surface area (Å²) >= 11 is 0. The molecule has 0 heterocycles. The highest BCUT2D eigenvalue weighted by Crippen LogP contribution is 2.04. The third-order valence-electron chi connectivity index (χ3n) is 2.79. The number of carbonyl (C=O) groups excluding carboxylic acids is 2. The van der Waals surface area contributed by atoms with Crippen LogP contribution in [0.5, 0.6) is 0 Å². The van der Waals surface area contributed by atoms with Gasteiger partial charge in [-0.3, -0.25) is 9.59 Å². The van der Waals surface area contributed by atoms with Gasteiger partial charge in [-0.1, -0.05) is 0 Å². The van der Waals surface area contributed by atoms with Crippen LogP contribution in [-0.4, -0.2) is 47.4 Å². The summed E-state index contributed by atoms with van der Waals surface area (Å²) in [6, 6.07) is -0.681. The molecule has 2 amide bonds. The van der Waals surface area contributed by atoms with Gasteiger partial charge in [-0.15, -0.1) is 0 Å². The molecule has 0 saturated carbocycles. The molecular weight excluding hydrogens is 236 g/mol. The van der Waals surface area contributed by atoms with Crippen LogP contribution in [-0.2, 0) is 14.4 Å². The molecule has 2 N–H and O–H groups in total. The van der Waals surface area contributed by atoms with Crippen molar-refractivity contribution in [2.75, 3.05) is 13.6 Å². The molecular formula is C12H20N2O4. The average Bonchev–Trinajstić information content (AvgIpc) is 2.34. The second-order valence-electron chi connectivity index (χ2n) is 4.10.